The Morgan fingerprint density at radius 3 is 1.93 bits per heavy atom. The summed E-state index contributed by atoms with van der Waals surface area (Å²) in [6, 6.07) is 24.5. The third-order valence-electron chi connectivity index (χ3n) is 5.43. The predicted octanol–water partition coefficient (Wildman–Crippen LogP) is 3.67. The quantitative estimate of drug-likeness (QED) is 0.630. The fraction of sp³-hybridized carbons (Fsp3) is 0.167. The summed E-state index contributed by atoms with van der Waals surface area (Å²) in [4.78, 5) is 24.4. The maximum Gasteiger partial charge on any atom is 0.331 e. The van der Waals surface area contributed by atoms with E-state index < -0.39 is 23.9 Å². The van der Waals surface area contributed by atoms with Crippen molar-refractivity contribution in [3.63, 3.8) is 0 Å². The normalized spacial score (nSPS) is 14.5. The van der Waals surface area contributed by atoms with E-state index in [1.165, 1.54) is 0 Å². The van der Waals surface area contributed by atoms with Crippen LogP contribution in [0.5, 0.6) is 0 Å². The second-order valence-corrected chi connectivity index (χ2v) is 7.23. The van der Waals surface area contributed by atoms with Crippen molar-refractivity contribution in [2.75, 3.05) is 6.61 Å². The Balaban J connectivity index is 1.61. The minimum Gasteiger partial charge on any atom is -0.481 e. The lowest BCUT2D eigenvalue weighted by molar-refractivity contribution is -0.155. The molecule has 29 heavy (non-hydrogen) atoms. The van der Waals surface area contributed by atoms with Gasteiger partial charge in [0.2, 0.25) is 0 Å². The summed E-state index contributed by atoms with van der Waals surface area (Å²) in [7, 11) is 0. The summed E-state index contributed by atoms with van der Waals surface area (Å²) >= 11 is 0. The molecule has 0 bridgehead atoms. The van der Waals surface area contributed by atoms with Crippen molar-refractivity contribution in [1.29, 1.82) is 0 Å². The van der Waals surface area contributed by atoms with Gasteiger partial charge < -0.3 is 15.6 Å². The molecule has 0 fully saturated rings. The van der Waals surface area contributed by atoms with Gasteiger partial charge in [0.05, 0.1) is 6.42 Å². The van der Waals surface area contributed by atoms with E-state index in [2.05, 4.69) is 12.1 Å². The molecule has 0 aromatic heterocycles. The highest BCUT2D eigenvalue weighted by Gasteiger charge is 2.41. The molecular formula is C24H21NO4. The number of nitrogens with two attached hydrogens (primary N) is 1. The van der Waals surface area contributed by atoms with Gasteiger partial charge >= 0.3 is 11.9 Å². The lowest BCUT2D eigenvalue weighted by Gasteiger charge is -2.27. The number of carbonyl (C=O) groups excluding carboxylic acids is 1. The molecule has 0 heterocycles. The van der Waals surface area contributed by atoms with E-state index in [9.17, 15) is 14.7 Å². The average Bonchev–Trinajstić information content (AvgIpc) is 3.06. The Hall–Kier alpha value is -3.44. The molecule has 3 aromatic rings. The zero-order valence-corrected chi connectivity index (χ0v) is 15.7. The number of esters is 1. The lowest BCUT2D eigenvalue weighted by Crippen LogP contribution is -2.48. The summed E-state index contributed by atoms with van der Waals surface area (Å²) in [5.41, 5.74) is 9.37. The first-order valence-electron chi connectivity index (χ1n) is 9.42. The van der Waals surface area contributed by atoms with Crippen LogP contribution in [0.4, 0.5) is 0 Å². The van der Waals surface area contributed by atoms with E-state index >= 15 is 0 Å². The van der Waals surface area contributed by atoms with E-state index in [0.717, 1.165) is 22.3 Å². The third-order valence-corrected chi connectivity index (χ3v) is 5.43. The number of benzene rings is 3. The third kappa shape index (κ3) is 3.41. The number of fused-ring (bicyclic) bond motifs is 3. The molecule has 5 heteroatoms. The summed E-state index contributed by atoms with van der Waals surface area (Å²) in [6.45, 7) is 0.0955. The van der Waals surface area contributed by atoms with Crippen LogP contribution in [0.25, 0.3) is 11.1 Å². The predicted molar refractivity (Wildman–Crippen MR) is 109 cm³/mol. The van der Waals surface area contributed by atoms with Gasteiger partial charge in [0.1, 0.15) is 6.61 Å². The lowest BCUT2D eigenvalue weighted by atomic mass is 9.87. The Bertz CT molecular complexity index is 1020. The number of rotatable bonds is 6. The molecule has 1 atom stereocenters. The second kappa shape index (κ2) is 7.53. The first kappa shape index (κ1) is 18.9. The number of carboxylic acid groups (broad SMARTS) is 1. The van der Waals surface area contributed by atoms with E-state index in [1.54, 1.807) is 30.3 Å². The Morgan fingerprint density at radius 2 is 1.38 bits per heavy atom. The fourth-order valence-electron chi connectivity index (χ4n) is 3.99. The van der Waals surface area contributed by atoms with Crippen molar-refractivity contribution in [2.45, 2.75) is 17.9 Å². The minimum atomic E-state index is -1.75. The maximum atomic E-state index is 13.0. The number of hydrogen-bond acceptors (Lipinski definition) is 4. The van der Waals surface area contributed by atoms with Crippen LogP contribution in [0.2, 0.25) is 0 Å². The standard InChI is InChI=1S/C24H21NO4/c25-24(14-22(26)27,16-8-2-1-3-9-16)23(28)29-15-21-19-12-6-4-10-17(19)18-11-5-7-13-20(18)21/h1-13,21H,14-15,25H2,(H,26,27)/t24-/m1/s1. The van der Waals surface area contributed by atoms with Crippen LogP contribution in [-0.4, -0.2) is 23.7 Å². The Morgan fingerprint density at radius 1 is 0.862 bits per heavy atom. The van der Waals surface area contributed by atoms with Gasteiger partial charge in [-0.1, -0.05) is 78.9 Å². The largest absolute Gasteiger partial charge is 0.481 e. The zero-order valence-electron chi connectivity index (χ0n) is 15.7. The van der Waals surface area contributed by atoms with Crippen LogP contribution in [-0.2, 0) is 19.9 Å². The minimum absolute atomic E-state index is 0.0955. The summed E-state index contributed by atoms with van der Waals surface area (Å²) < 4.78 is 5.63. The molecule has 0 amide bonds. The summed E-state index contributed by atoms with van der Waals surface area (Å²) in [5.74, 6) is -2.02. The second-order valence-electron chi connectivity index (χ2n) is 7.23. The van der Waals surface area contributed by atoms with E-state index in [4.69, 9.17) is 10.5 Å². The highest BCUT2D eigenvalue weighted by Crippen LogP contribution is 2.44. The summed E-state index contributed by atoms with van der Waals surface area (Å²) in [6.07, 6.45) is -0.548. The van der Waals surface area contributed by atoms with Crippen molar-refractivity contribution in [2.24, 2.45) is 5.73 Å². The fourth-order valence-corrected chi connectivity index (χ4v) is 3.99. The molecule has 0 saturated heterocycles. The van der Waals surface area contributed by atoms with Crippen LogP contribution in [0, 0.1) is 0 Å². The van der Waals surface area contributed by atoms with Gasteiger partial charge in [0.15, 0.2) is 5.54 Å². The molecule has 5 nitrogen and oxygen atoms in total. The molecule has 0 aliphatic heterocycles. The topological polar surface area (TPSA) is 89.6 Å². The number of carbonyl (C=O) groups is 2. The van der Waals surface area contributed by atoms with Gasteiger partial charge in [-0.15, -0.1) is 0 Å². The van der Waals surface area contributed by atoms with Gasteiger partial charge in [-0.05, 0) is 27.8 Å². The van der Waals surface area contributed by atoms with Gasteiger partial charge in [0.25, 0.3) is 0 Å². The van der Waals surface area contributed by atoms with E-state index in [0.29, 0.717) is 5.56 Å². The first-order chi connectivity index (χ1) is 14.0. The molecule has 0 saturated carbocycles. The number of carboxylic acids is 1. The van der Waals surface area contributed by atoms with Crippen LogP contribution in [0.3, 0.4) is 0 Å². The van der Waals surface area contributed by atoms with Gasteiger partial charge in [-0.2, -0.15) is 0 Å². The van der Waals surface area contributed by atoms with Crippen molar-refractivity contribution < 1.29 is 19.4 Å². The van der Waals surface area contributed by atoms with Gasteiger partial charge in [0, 0.05) is 5.92 Å². The average molecular weight is 387 g/mol. The first-order valence-corrected chi connectivity index (χ1v) is 9.42. The smallest absolute Gasteiger partial charge is 0.331 e. The number of hydrogen-bond donors (Lipinski definition) is 2. The molecule has 0 unspecified atom stereocenters. The van der Waals surface area contributed by atoms with Crippen LogP contribution < -0.4 is 5.73 Å². The molecule has 0 spiro atoms. The van der Waals surface area contributed by atoms with Crippen LogP contribution in [0.1, 0.15) is 29.0 Å². The monoisotopic (exact) mass is 387 g/mol. The van der Waals surface area contributed by atoms with Crippen molar-refractivity contribution in [3.8, 4) is 11.1 Å². The van der Waals surface area contributed by atoms with Crippen molar-refractivity contribution >= 4 is 11.9 Å². The van der Waals surface area contributed by atoms with Crippen LogP contribution in [0.15, 0.2) is 78.9 Å². The highest BCUT2D eigenvalue weighted by molar-refractivity contribution is 5.88. The molecule has 3 aromatic carbocycles. The van der Waals surface area contributed by atoms with Crippen LogP contribution >= 0.6 is 0 Å². The van der Waals surface area contributed by atoms with Gasteiger partial charge in [-0.25, -0.2) is 4.79 Å². The van der Waals surface area contributed by atoms with Crippen molar-refractivity contribution in [3.05, 3.63) is 95.6 Å². The molecule has 1 aliphatic carbocycles. The molecule has 146 valence electrons. The van der Waals surface area contributed by atoms with E-state index in [1.807, 2.05) is 36.4 Å². The zero-order chi connectivity index (χ0) is 20.4. The molecule has 0 radical (unpaired) electrons. The SMILES string of the molecule is N[C@@](CC(=O)O)(C(=O)OCC1c2ccccc2-c2ccccc21)c1ccccc1. The molecule has 1 aliphatic rings. The number of ether oxygens (including phenoxy) is 1. The highest BCUT2D eigenvalue weighted by atomic mass is 16.5. The summed E-state index contributed by atoms with van der Waals surface area (Å²) in [5, 5.41) is 9.31. The molecule has 3 N–H and O–H groups in total. The van der Waals surface area contributed by atoms with E-state index in [-0.39, 0.29) is 12.5 Å². The molecule has 4 rings (SSSR count). The number of aliphatic carboxylic acids is 1. The molecular weight excluding hydrogens is 366 g/mol. The Labute approximate surface area is 168 Å². The van der Waals surface area contributed by atoms with Crippen molar-refractivity contribution in [1.82, 2.24) is 0 Å². The van der Waals surface area contributed by atoms with Gasteiger partial charge in [-0.3, -0.25) is 4.79 Å². The maximum absolute atomic E-state index is 13.0. The Kier molecular flexibility index (Phi) is 4.91.